The highest BCUT2D eigenvalue weighted by molar-refractivity contribution is 5.72. The highest BCUT2D eigenvalue weighted by atomic mass is 16.6. The van der Waals surface area contributed by atoms with E-state index in [0.717, 1.165) is 64.2 Å². The van der Waals surface area contributed by atoms with Crippen molar-refractivity contribution < 1.29 is 38.2 Å². The zero-order valence-electron chi connectivity index (χ0n) is 41.0. The quantitative estimate of drug-likeness (QED) is 0.0282. The molecule has 1 N–H and O–H groups in total. The van der Waals surface area contributed by atoms with Crippen LogP contribution in [0.15, 0.2) is 85.1 Å². The number of carbonyl (C=O) groups excluding carboxylic acids is 2. The van der Waals surface area contributed by atoms with E-state index in [4.69, 9.17) is 14.2 Å². The van der Waals surface area contributed by atoms with E-state index in [1.54, 1.807) is 0 Å². The minimum Gasteiger partial charge on any atom is -0.477 e. The minimum atomic E-state index is -0.885. The standard InChI is InChI=1S/C55H93NO7/c1-6-8-10-12-14-16-18-20-22-24-25-26-27-28-30-32-34-36-38-40-42-44-46-54(58)63-51(49-61-48-47-52(55(59)60)56(3,4)5)50-62-53(57)45-43-41-39-37-35-33-31-29-23-21-19-17-15-13-11-9-7-2/h14-17,20-23,25-26,31,33,37,39,51-52H,6-13,18-19,24,27-30,32,34-36,38,40-50H2,1-5H3/p+1/b16-14+,17-15+,22-20+,23-21+,26-25+,33-31+,39-37+. The average Bonchev–Trinajstić information content (AvgIpc) is 3.24. The molecule has 0 amide bonds. The second kappa shape index (κ2) is 45.1. The number of hydrogen-bond donors (Lipinski definition) is 1. The van der Waals surface area contributed by atoms with Crippen molar-refractivity contribution in [1.29, 1.82) is 0 Å². The van der Waals surface area contributed by atoms with Gasteiger partial charge in [-0.25, -0.2) is 4.79 Å². The molecule has 63 heavy (non-hydrogen) atoms. The molecule has 0 aromatic rings. The van der Waals surface area contributed by atoms with Gasteiger partial charge in [-0.1, -0.05) is 170 Å². The van der Waals surface area contributed by atoms with Crippen molar-refractivity contribution in [2.75, 3.05) is 41.0 Å². The van der Waals surface area contributed by atoms with Gasteiger partial charge in [0.15, 0.2) is 12.1 Å². The number of aliphatic carboxylic acids is 1. The van der Waals surface area contributed by atoms with Crippen LogP contribution in [0.25, 0.3) is 0 Å². The van der Waals surface area contributed by atoms with E-state index in [9.17, 15) is 19.5 Å². The van der Waals surface area contributed by atoms with Gasteiger partial charge in [0.05, 0.1) is 34.4 Å². The van der Waals surface area contributed by atoms with Gasteiger partial charge < -0.3 is 23.8 Å². The lowest BCUT2D eigenvalue weighted by Gasteiger charge is -2.31. The molecule has 8 heteroatoms. The number of quaternary nitrogens is 1. The SMILES string of the molecule is CCCCC/C=C/C/C=C/C/C=C/C/C=C/CCCC(=O)OCC(COCCC(C(=O)O)[N+](C)(C)C)OC(=O)CCCCCCCCCCC/C=C/C/C=C/C/C=C/CCCCC. The number of carbonyl (C=O) groups is 3. The zero-order valence-corrected chi connectivity index (χ0v) is 41.0. The lowest BCUT2D eigenvalue weighted by Crippen LogP contribution is -2.50. The average molecular weight is 881 g/mol. The molecule has 0 heterocycles. The summed E-state index contributed by atoms with van der Waals surface area (Å²) in [4.78, 5) is 37.1. The Hall–Kier alpha value is -3.49. The number of likely N-dealkylation sites (N-methyl/N-ethyl adjacent to an activating group) is 1. The lowest BCUT2D eigenvalue weighted by atomic mass is 10.1. The first kappa shape index (κ1) is 59.5. The molecule has 0 aliphatic heterocycles. The molecule has 0 rings (SSSR count). The van der Waals surface area contributed by atoms with Crippen LogP contribution in [0.1, 0.15) is 194 Å². The van der Waals surface area contributed by atoms with Crippen molar-refractivity contribution in [2.45, 2.75) is 206 Å². The smallest absolute Gasteiger partial charge is 0.362 e. The number of carboxylic acid groups (broad SMARTS) is 1. The largest absolute Gasteiger partial charge is 0.477 e. The summed E-state index contributed by atoms with van der Waals surface area (Å²) in [5.74, 6) is -1.55. The van der Waals surface area contributed by atoms with Gasteiger partial charge in [-0.15, -0.1) is 0 Å². The Morgan fingerprint density at radius 2 is 0.857 bits per heavy atom. The van der Waals surface area contributed by atoms with Crippen molar-refractivity contribution in [1.82, 2.24) is 0 Å². The number of carboxylic acids is 1. The third kappa shape index (κ3) is 43.5. The van der Waals surface area contributed by atoms with E-state index in [1.807, 2.05) is 21.1 Å². The number of allylic oxidation sites excluding steroid dienone is 14. The first-order valence-corrected chi connectivity index (χ1v) is 25.1. The number of rotatable bonds is 44. The molecule has 0 bridgehead atoms. The summed E-state index contributed by atoms with van der Waals surface area (Å²) in [6.07, 6.45) is 59.2. The molecular formula is C55H94NO7+. The van der Waals surface area contributed by atoms with Crippen LogP contribution in [0, 0.1) is 0 Å². The summed E-state index contributed by atoms with van der Waals surface area (Å²) in [6, 6.07) is -0.628. The Morgan fingerprint density at radius 1 is 0.476 bits per heavy atom. The first-order chi connectivity index (χ1) is 30.6. The maximum absolute atomic E-state index is 12.8. The van der Waals surface area contributed by atoms with E-state index >= 15 is 0 Å². The molecule has 0 aromatic carbocycles. The van der Waals surface area contributed by atoms with Crippen LogP contribution in [0.2, 0.25) is 0 Å². The molecule has 0 spiro atoms. The fraction of sp³-hybridized carbons (Fsp3) is 0.691. The monoisotopic (exact) mass is 881 g/mol. The summed E-state index contributed by atoms with van der Waals surface area (Å²) in [5, 5.41) is 9.65. The maximum Gasteiger partial charge on any atom is 0.362 e. The Labute approximate surface area is 386 Å². The normalized spacial score (nSPS) is 13.6. The summed E-state index contributed by atoms with van der Waals surface area (Å²) < 4.78 is 17.3. The lowest BCUT2D eigenvalue weighted by molar-refractivity contribution is -0.887. The van der Waals surface area contributed by atoms with E-state index in [2.05, 4.69) is 98.9 Å². The Bertz CT molecular complexity index is 1300. The number of ether oxygens (including phenoxy) is 3. The number of esters is 2. The Morgan fingerprint density at radius 3 is 1.29 bits per heavy atom. The summed E-state index contributed by atoms with van der Waals surface area (Å²) in [6.45, 7) is 4.61. The van der Waals surface area contributed by atoms with Crippen LogP contribution < -0.4 is 0 Å². The third-order valence-corrected chi connectivity index (χ3v) is 10.8. The highest BCUT2D eigenvalue weighted by Gasteiger charge is 2.31. The Kier molecular flexibility index (Phi) is 42.6. The van der Waals surface area contributed by atoms with E-state index in [-0.39, 0.29) is 42.7 Å². The fourth-order valence-corrected chi connectivity index (χ4v) is 6.85. The molecule has 0 aliphatic carbocycles. The van der Waals surface area contributed by atoms with E-state index in [1.165, 1.54) is 89.9 Å². The van der Waals surface area contributed by atoms with Gasteiger partial charge in [-0.2, -0.15) is 0 Å². The number of unbranched alkanes of at least 4 members (excludes halogenated alkanes) is 16. The van der Waals surface area contributed by atoms with Crippen LogP contribution in [0.4, 0.5) is 0 Å². The minimum absolute atomic E-state index is 0.0374. The molecular weight excluding hydrogens is 787 g/mol. The highest BCUT2D eigenvalue weighted by Crippen LogP contribution is 2.14. The molecule has 0 saturated heterocycles. The topological polar surface area (TPSA) is 99.1 Å². The molecule has 0 aromatic heterocycles. The number of nitrogens with zero attached hydrogens (tertiary/aromatic N) is 1. The molecule has 0 saturated carbocycles. The molecule has 0 radical (unpaired) electrons. The van der Waals surface area contributed by atoms with Gasteiger partial charge in [0.2, 0.25) is 0 Å². The van der Waals surface area contributed by atoms with E-state index in [0.29, 0.717) is 19.3 Å². The zero-order chi connectivity index (χ0) is 46.3. The molecule has 2 atom stereocenters. The second-order valence-electron chi connectivity index (χ2n) is 17.7. The molecule has 0 fully saturated rings. The van der Waals surface area contributed by atoms with Gasteiger partial charge >= 0.3 is 17.9 Å². The van der Waals surface area contributed by atoms with Gasteiger partial charge in [-0.05, 0) is 89.9 Å². The van der Waals surface area contributed by atoms with Gasteiger partial charge in [0.1, 0.15) is 6.61 Å². The summed E-state index contributed by atoms with van der Waals surface area (Å²) in [7, 11) is 5.51. The van der Waals surface area contributed by atoms with Crippen molar-refractivity contribution in [2.24, 2.45) is 0 Å². The van der Waals surface area contributed by atoms with Gasteiger partial charge in [0, 0.05) is 19.3 Å². The van der Waals surface area contributed by atoms with Crippen molar-refractivity contribution in [3.05, 3.63) is 85.1 Å². The fourth-order valence-electron chi connectivity index (χ4n) is 6.85. The van der Waals surface area contributed by atoms with Crippen LogP contribution in [-0.4, -0.2) is 80.6 Å². The number of hydrogen-bond acceptors (Lipinski definition) is 6. The Balaban J connectivity index is 4.36. The molecule has 360 valence electrons. The summed E-state index contributed by atoms with van der Waals surface area (Å²) >= 11 is 0. The van der Waals surface area contributed by atoms with Gasteiger partial charge in [0.25, 0.3) is 0 Å². The van der Waals surface area contributed by atoms with Crippen LogP contribution >= 0.6 is 0 Å². The summed E-state index contributed by atoms with van der Waals surface area (Å²) in [5.41, 5.74) is 0. The molecule has 0 aliphatic rings. The van der Waals surface area contributed by atoms with Crippen LogP contribution in [0.3, 0.4) is 0 Å². The van der Waals surface area contributed by atoms with Crippen molar-refractivity contribution >= 4 is 17.9 Å². The first-order valence-electron chi connectivity index (χ1n) is 25.1. The van der Waals surface area contributed by atoms with Crippen molar-refractivity contribution in [3.8, 4) is 0 Å². The van der Waals surface area contributed by atoms with Crippen molar-refractivity contribution in [3.63, 3.8) is 0 Å². The molecule has 8 nitrogen and oxygen atoms in total. The predicted molar refractivity (Wildman–Crippen MR) is 266 cm³/mol. The van der Waals surface area contributed by atoms with Crippen LogP contribution in [-0.2, 0) is 28.6 Å². The van der Waals surface area contributed by atoms with E-state index < -0.39 is 18.1 Å². The molecule has 2 unspecified atom stereocenters. The van der Waals surface area contributed by atoms with Crippen LogP contribution in [0.5, 0.6) is 0 Å². The maximum atomic E-state index is 12.8. The predicted octanol–water partition coefficient (Wildman–Crippen LogP) is 14.5. The third-order valence-electron chi connectivity index (χ3n) is 10.8. The second-order valence-corrected chi connectivity index (χ2v) is 17.7. The van der Waals surface area contributed by atoms with Gasteiger partial charge in [-0.3, -0.25) is 9.59 Å².